The summed E-state index contributed by atoms with van der Waals surface area (Å²) in [5.41, 5.74) is 3.18. The number of aryl methyl sites for hydroxylation is 2. The van der Waals surface area contributed by atoms with E-state index < -0.39 is 10.0 Å². The quantitative estimate of drug-likeness (QED) is 0.875. The molecule has 0 atom stereocenters. The molecule has 7 heteroatoms. The zero-order valence-corrected chi connectivity index (χ0v) is 16.7. The Bertz CT molecular complexity index is 911. The van der Waals surface area contributed by atoms with Crippen LogP contribution in [0.4, 0.5) is 5.69 Å². The van der Waals surface area contributed by atoms with Crippen molar-refractivity contribution in [1.82, 2.24) is 9.21 Å². The number of piperazine rings is 1. The first-order chi connectivity index (χ1) is 12.8. The van der Waals surface area contributed by atoms with Crippen LogP contribution in [0.1, 0.15) is 21.5 Å². The van der Waals surface area contributed by atoms with E-state index in [1.54, 1.807) is 12.1 Å². The van der Waals surface area contributed by atoms with Crippen LogP contribution in [-0.2, 0) is 10.0 Å². The number of para-hydroxylation sites is 1. The van der Waals surface area contributed by atoms with Gasteiger partial charge in [0.05, 0.1) is 4.90 Å². The molecule has 6 nitrogen and oxygen atoms in total. The smallest absolute Gasteiger partial charge is 0.255 e. The van der Waals surface area contributed by atoms with Crippen molar-refractivity contribution >= 4 is 21.6 Å². The highest BCUT2D eigenvalue weighted by Gasteiger charge is 2.27. The van der Waals surface area contributed by atoms with Crippen molar-refractivity contribution in [2.24, 2.45) is 0 Å². The number of likely N-dealkylation sites (N-methyl/N-ethyl adjacent to an activating group) is 1. The Hall–Kier alpha value is -2.22. The molecular weight excluding hydrogens is 362 g/mol. The molecule has 0 spiro atoms. The molecule has 0 saturated carbocycles. The van der Waals surface area contributed by atoms with Gasteiger partial charge in [0.2, 0.25) is 10.0 Å². The topological polar surface area (TPSA) is 69.7 Å². The fourth-order valence-electron chi connectivity index (χ4n) is 3.15. The van der Waals surface area contributed by atoms with Gasteiger partial charge in [0.25, 0.3) is 5.91 Å². The predicted molar refractivity (Wildman–Crippen MR) is 107 cm³/mol. The van der Waals surface area contributed by atoms with Crippen LogP contribution < -0.4 is 5.32 Å². The Morgan fingerprint density at radius 1 is 0.926 bits per heavy atom. The summed E-state index contributed by atoms with van der Waals surface area (Å²) in [5.74, 6) is -0.254. The van der Waals surface area contributed by atoms with E-state index in [9.17, 15) is 13.2 Å². The Morgan fingerprint density at radius 3 is 2.04 bits per heavy atom. The standard InChI is InChI=1S/C20H25N3O3S/c1-15-5-4-6-16(2)19(15)21-20(24)17-7-9-18(10-8-17)27(25,26)23-13-11-22(3)12-14-23/h4-10H,11-14H2,1-3H3,(H,21,24). The van der Waals surface area contributed by atoms with Crippen molar-refractivity contribution in [3.8, 4) is 0 Å². The molecule has 0 bridgehead atoms. The predicted octanol–water partition coefficient (Wildman–Crippen LogP) is 2.49. The molecule has 0 aliphatic carbocycles. The van der Waals surface area contributed by atoms with Gasteiger partial charge in [-0.2, -0.15) is 4.31 Å². The van der Waals surface area contributed by atoms with Crippen LogP contribution in [0.5, 0.6) is 0 Å². The molecule has 2 aromatic carbocycles. The van der Waals surface area contributed by atoms with E-state index in [1.807, 2.05) is 39.1 Å². The van der Waals surface area contributed by atoms with Gasteiger partial charge in [-0.25, -0.2) is 8.42 Å². The van der Waals surface area contributed by atoms with Gasteiger partial charge >= 0.3 is 0 Å². The van der Waals surface area contributed by atoms with Crippen LogP contribution in [0.25, 0.3) is 0 Å². The third kappa shape index (κ3) is 4.21. The lowest BCUT2D eigenvalue weighted by Crippen LogP contribution is -2.47. The minimum Gasteiger partial charge on any atom is -0.322 e. The van der Waals surface area contributed by atoms with E-state index in [1.165, 1.54) is 16.4 Å². The van der Waals surface area contributed by atoms with E-state index >= 15 is 0 Å². The molecule has 1 N–H and O–H groups in total. The first-order valence-electron chi connectivity index (χ1n) is 8.95. The van der Waals surface area contributed by atoms with Gasteiger partial charge in [-0.3, -0.25) is 4.79 Å². The lowest BCUT2D eigenvalue weighted by Gasteiger charge is -2.31. The lowest BCUT2D eigenvalue weighted by atomic mass is 10.1. The van der Waals surface area contributed by atoms with Crippen LogP contribution in [0.2, 0.25) is 0 Å². The molecular formula is C20H25N3O3S. The lowest BCUT2D eigenvalue weighted by molar-refractivity contribution is 0.102. The summed E-state index contributed by atoms with van der Waals surface area (Å²) in [4.78, 5) is 14.9. The van der Waals surface area contributed by atoms with Crippen molar-refractivity contribution in [2.75, 3.05) is 38.5 Å². The average Bonchev–Trinajstić information content (AvgIpc) is 2.65. The SMILES string of the molecule is Cc1cccc(C)c1NC(=O)c1ccc(S(=O)(=O)N2CCN(C)CC2)cc1. The van der Waals surface area contributed by atoms with Crippen molar-refractivity contribution in [1.29, 1.82) is 0 Å². The fourth-order valence-corrected chi connectivity index (χ4v) is 4.58. The molecule has 0 unspecified atom stereocenters. The van der Waals surface area contributed by atoms with Gasteiger partial charge in [0, 0.05) is 37.4 Å². The second-order valence-corrected chi connectivity index (χ2v) is 8.89. The molecule has 27 heavy (non-hydrogen) atoms. The number of nitrogens with zero attached hydrogens (tertiary/aromatic N) is 2. The number of amides is 1. The van der Waals surface area contributed by atoms with Crippen LogP contribution in [-0.4, -0.2) is 56.8 Å². The van der Waals surface area contributed by atoms with Crippen molar-refractivity contribution in [3.63, 3.8) is 0 Å². The normalized spacial score (nSPS) is 16.3. The van der Waals surface area contributed by atoms with Gasteiger partial charge in [-0.05, 0) is 56.3 Å². The number of benzene rings is 2. The Labute approximate surface area is 160 Å². The van der Waals surface area contributed by atoms with Gasteiger partial charge < -0.3 is 10.2 Å². The molecule has 2 aromatic rings. The molecule has 144 valence electrons. The first-order valence-corrected chi connectivity index (χ1v) is 10.4. The first kappa shape index (κ1) is 19.5. The summed E-state index contributed by atoms with van der Waals surface area (Å²) in [6.45, 7) is 6.27. The van der Waals surface area contributed by atoms with Gasteiger partial charge in [-0.1, -0.05) is 18.2 Å². The maximum atomic E-state index is 12.8. The second kappa shape index (κ2) is 7.80. The molecule has 0 radical (unpaired) electrons. The van der Waals surface area contributed by atoms with Crippen LogP contribution in [0.3, 0.4) is 0 Å². The summed E-state index contributed by atoms with van der Waals surface area (Å²) < 4.78 is 27.0. The number of carbonyl (C=O) groups excluding carboxylic acids is 1. The van der Waals surface area contributed by atoms with Gasteiger partial charge in [0.15, 0.2) is 0 Å². The Morgan fingerprint density at radius 2 is 1.48 bits per heavy atom. The highest BCUT2D eigenvalue weighted by molar-refractivity contribution is 7.89. The van der Waals surface area contributed by atoms with Crippen LogP contribution in [0, 0.1) is 13.8 Å². The Balaban J connectivity index is 1.76. The number of nitrogens with one attached hydrogen (secondary N) is 1. The van der Waals surface area contributed by atoms with Crippen molar-refractivity contribution in [2.45, 2.75) is 18.7 Å². The number of carbonyl (C=O) groups is 1. The maximum Gasteiger partial charge on any atom is 0.255 e. The summed E-state index contributed by atoms with van der Waals surface area (Å²) in [6, 6.07) is 12.0. The molecule has 1 fully saturated rings. The Kier molecular flexibility index (Phi) is 5.64. The average molecular weight is 388 g/mol. The number of hydrogen-bond acceptors (Lipinski definition) is 4. The van der Waals surface area contributed by atoms with E-state index in [4.69, 9.17) is 0 Å². The third-order valence-corrected chi connectivity index (χ3v) is 6.85. The van der Waals surface area contributed by atoms with Crippen molar-refractivity contribution < 1.29 is 13.2 Å². The fraction of sp³-hybridized carbons (Fsp3) is 0.350. The van der Waals surface area contributed by atoms with E-state index in [0.717, 1.165) is 29.9 Å². The number of anilines is 1. The highest BCUT2D eigenvalue weighted by Crippen LogP contribution is 2.22. The molecule has 1 aliphatic rings. The number of rotatable bonds is 4. The van der Waals surface area contributed by atoms with E-state index in [2.05, 4.69) is 10.2 Å². The van der Waals surface area contributed by atoms with Gasteiger partial charge in [-0.15, -0.1) is 0 Å². The second-order valence-electron chi connectivity index (χ2n) is 6.95. The molecule has 0 aromatic heterocycles. The van der Waals surface area contributed by atoms with E-state index in [0.29, 0.717) is 18.7 Å². The zero-order valence-electron chi connectivity index (χ0n) is 15.9. The maximum absolute atomic E-state index is 12.8. The summed E-state index contributed by atoms with van der Waals surface area (Å²) in [5, 5.41) is 2.92. The third-order valence-electron chi connectivity index (χ3n) is 4.94. The zero-order chi connectivity index (χ0) is 19.6. The summed E-state index contributed by atoms with van der Waals surface area (Å²) in [7, 11) is -1.55. The molecule has 1 saturated heterocycles. The van der Waals surface area contributed by atoms with Crippen LogP contribution >= 0.6 is 0 Å². The largest absolute Gasteiger partial charge is 0.322 e. The summed E-state index contributed by atoms with van der Waals surface area (Å²) in [6.07, 6.45) is 0. The van der Waals surface area contributed by atoms with Crippen molar-refractivity contribution in [3.05, 3.63) is 59.2 Å². The molecule has 1 amide bonds. The summed E-state index contributed by atoms with van der Waals surface area (Å²) >= 11 is 0. The van der Waals surface area contributed by atoms with Gasteiger partial charge in [0.1, 0.15) is 0 Å². The van der Waals surface area contributed by atoms with E-state index in [-0.39, 0.29) is 10.8 Å². The minimum atomic E-state index is -3.53. The monoisotopic (exact) mass is 387 g/mol. The molecule has 3 rings (SSSR count). The molecule has 1 aliphatic heterocycles. The highest BCUT2D eigenvalue weighted by atomic mass is 32.2. The van der Waals surface area contributed by atoms with Crippen LogP contribution in [0.15, 0.2) is 47.4 Å². The number of sulfonamides is 1. The number of hydrogen-bond donors (Lipinski definition) is 1. The minimum absolute atomic E-state index is 0.218. The molecule has 1 heterocycles.